The van der Waals surface area contributed by atoms with E-state index in [-0.39, 0.29) is 11.7 Å². The van der Waals surface area contributed by atoms with Crippen LogP contribution in [0.4, 0.5) is 0 Å². The molecule has 0 aliphatic carbocycles. The Bertz CT molecular complexity index is 250. The van der Waals surface area contributed by atoms with Crippen molar-refractivity contribution in [1.82, 2.24) is 5.32 Å². The van der Waals surface area contributed by atoms with Crippen LogP contribution >= 0.6 is 12.6 Å². The molecule has 5 atom stereocenters. The van der Waals surface area contributed by atoms with Crippen LogP contribution in [0.5, 0.6) is 0 Å². The Morgan fingerprint density at radius 3 is 2.56 bits per heavy atom. The van der Waals surface area contributed by atoms with Gasteiger partial charge in [-0.15, -0.1) is 0 Å². The molecule has 1 heterocycles. The third-order valence-corrected chi connectivity index (χ3v) is 2.84. The summed E-state index contributed by atoms with van der Waals surface area (Å²) in [5, 5.41) is 22.0. The molecule has 3 N–H and O–H groups in total. The number of aliphatic hydroxyl groups is 2. The van der Waals surface area contributed by atoms with Gasteiger partial charge in [0.1, 0.15) is 18.2 Å². The van der Waals surface area contributed by atoms with Crippen LogP contribution in [0.2, 0.25) is 0 Å². The molecule has 0 aromatic heterocycles. The first-order valence-electron chi connectivity index (χ1n) is 4.93. The fourth-order valence-electron chi connectivity index (χ4n) is 1.67. The summed E-state index contributed by atoms with van der Waals surface area (Å²) in [5.74, 6) is -0.0727. The number of nitrogens with one attached hydrogen (secondary N) is 1. The van der Waals surface area contributed by atoms with E-state index >= 15 is 0 Å². The minimum Gasteiger partial charge on any atom is -0.388 e. The largest absolute Gasteiger partial charge is 0.388 e. The molecular weight excluding hydrogens is 234 g/mol. The zero-order valence-corrected chi connectivity index (χ0v) is 10.1. The number of carbonyl (C=O) groups is 1. The summed E-state index contributed by atoms with van der Waals surface area (Å²) in [6.45, 7) is 1.32. The number of methoxy groups -OCH3 is 1. The third-order valence-electron chi connectivity index (χ3n) is 2.48. The molecule has 0 bridgehead atoms. The van der Waals surface area contributed by atoms with Crippen molar-refractivity contribution in [3.8, 4) is 0 Å². The van der Waals surface area contributed by atoms with Crippen molar-refractivity contribution in [2.24, 2.45) is 0 Å². The SMILES string of the molecule is CO[C@H]1OC(CS)[C@H](O)C(O)[C@@H]1NC(C)=O. The van der Waals surface area contributed by atoms with Crippen LogP contribution in [-0.4, -0.2) is 59.6 Å². The minimum atomic E-state index is -1.14. The molecule has 2 unspecified atom stereocenters. The minimum absolute atomic E-state index is 0.255. The first-order chi connectivity index (χ1) is 7.51. The highest BCUT2D eigenvalue weighted by molar-refractivity contribution is 7.80. The predicted octanol–water partition coefficient (Wildman–Crippen LogP) is -1.49. The topological polar surface area (TPSA) is 88.0 Å². The number of rotatable bonds is 3. The van der Waals surface area contributed by atoms with E-state index < -0.39 is 30.6 Å². The number of hydrogen-bond donors (Lipinski definition) is 4. The normalized spacial score (nSPS) is 39.4. The van der Waals surface area contributed by atoms with Gasteiger partial charge in [-0.1, -0.05) is 0 Å². The molecule has 1 rings (SSSR count). The summed E-state index contributed by atoms with van der Waals surface area (Å²) in [4.78, 5) is 10.9. The lowest BCUT2D eigenvalue weighted by atomic mass is 9.97. The van der Waals surface area contributed by atoms with Crippen molar-refractivity contribution in [3.63, 3.8) is 0 Å². The van der Waals surface area contributed by atoms with E-state index in [4.69, 9.17) is 9.47 Å². The molecule has 16 heavy (non-hydrogen) atoms. The molecule has 1 saturated heterocycles. The fourth-order valence-corrected chi connectivity index (χ4v) is 1.97. The molecule has 7 heteroatoms. The molecule has 1 fully saturated rings. The van der Waals surface area contributed by atoms with Crippen molar-refractivity contribution in [1.29, 1.82) is 0 Å². The van der Waals surface area contributed by atoms with Gasteiger partial charge in [0, 0.05) is 19.8 Å². The zero-order valence-electron chi connectivity index (χ0n) is 9.16. The van der Waals surface area contributed by atoms with E-state index in [0.29, 0.717) is 0 Å². The van der Waals surface area contributed by atoms with Crippen LogP contribution in [0.15, 0.2) is 0 Å². The van der Waals surface area contributed by atoms with Gasteiger partial charge < -0.3 is 25.0 Å². The summed E-state index contributed by atoms with van der Waals surface area (Å²) in [5.41, 5.74) is 0. The molecule has 0 radical (unpaired) electrons. The monoisotopic (exact) mass is 251 g/mol. The predicted molar refractivity (Wildman–Crippen MR) is 59.1 cm³/mol. The number of amides is 1. The molecule has 0 spiro atoms. The zero-order chi connectivity index (χ0) is 12.3. The van der Waals surface area contributed by atoms with Crippen LogP contribution in [-0.2, 0) is 14.3 Å². The maximum Gasteiger partial charge on any atom is 0.217 e. The Kier molecular flexibility index (Phi) is 5.00. The number of hydrogen-bond acceptors (Lipinski definition) is 6. The number of ether oxygens (including phenoxy) is 2. The van der Waals surface area contributed by atoms with Crippen molar-refractivity contribution in [2.45, 2.75) is 37.6 Å². The summed E-state index contributed by atoms with van der Waals surface area (Å²) < 4.78 is 10.4. The number of aliphatic hydroxyl groups excluding tert-OH is 2. The van der Waals surface area contributed by atoms with Crippen LogP contribution < -0.4 is 5.32 Å². The van der Waals surface area contributed by atoms with Gasteiger partial charge in [-0.25, -0.2) is 0 Å². The maximum atomic E-state index is 10.9. The number of thiol groups is 1. The van der Waals surface area contributed by atoms with E-state index in [1.807, 2.05) is 0 Å². The van der Waals surface area contributed by atoms with E-state index in [1.165, 1.54) is 14.0 Å². The molecule has 1 amide bonds. The molecule has 1 aliphatic heterocycles. The Morgan fingerprint density at radius 2 is 2.12 bits per heavy atom. The summed E-state index contributed by atoms with van der Waals surface area (Å²) in [6.07, 6.45) is -3.65. The van der Waals surface area contributed by atoms with Crippen molar-refractivity contribution < 1.29 is 24.5 Å². The lowest BCUT2D eigenvalue weighted by Crippen LogP contribution is -2.64. The van der Waals surface area contributed by atoms with Crippen molar-refractivity contribution in [3.05, 3.63) is 0 Å². The lowest BCUT2D eigenvalue weighted by Gasteiger charge is -2.41. The van der Waals surface area contributed by atoms with Crippen molar-refractivity contribution >= 4 is 18.5 Å². The summed E-state index contributed by atoms with van der Waals surface area (Å²) in [6, 6.07) is -0.784. The van der Waals surface area contributed by atoms with Gasteiger partial charge in [0.15, 0.2) is 6.29 Å². The molecule has 0 saturated carbocycles. The highest BCUT2D eigenvalue weighted by Gasteiger charge is 2.44. The van der Waals surface area contributed by atoms with Gasteiger partial charge in [0.25, 0.3) is 0 Å². The molecule has 0 aromatic rings. The van der Waals surface area contributed by atoms with E-state index in [9.17, 15) is 15.0 Å². The Balaban J connectivity index is 2.77. The second-order valence-electron chi connectivity index (χ2n) is 3.67. The van der Waals surface area contributed by atoms with Crippen LogP contribution in [0, 0.1) is 0 Å². The first kappa shape index (κ1) is 13.7. The maximum absolute atomic E-state index is 10.9. The van der Waals surface area contributed by atoms with E-state index in [1.54, 1.807) is 0 Å². The summed E-state index contributed by atoms with van der Waals surface area (Å²) in [7, 11) is 1.40. The van der Waals surface area contributed by atoms with Gasteiger partial charge in [-0.3, -0.25) is 4.79 Å². The third kappa shape index (κ3) is 2.86. The molecular formula is C9H17NO5S. The van der Waals surface area contributed by atoms with Crippen LogP contribution in [0.25, 0.3) is 0 Å². The van der Waals surface area contributed by atoms with Gasteiger partial charge in [0.05, 0.1) is 6.10 Å². The lowest BCUT2D eigenvalue weighted by molar-refractivity contribution is -0.250. The highest BCUT2D eigenvalue weighted by atomic mass is 32.1. The molecule has 94 valence electrons. The van der Waals surface area contributed by atoms with Gasteiger partial charge in [-0.05, 0) is 0 Å². The molecule has 6 nitrogen and oxygen atoms in total. The average molecular weight is 251 g/mol. The Hall–Kier alpha value is -0.340. The Labute approximate surface area is 99.3 Å². The second kappa shape index (κ2) is 5.83. The van der Waals surface area contributed by atoms with Gasteiger partial charge in [-0.2, -0.15) is 12.6 Å². The molecule has 0 aromatic carbocycles. The molecule has 1 aliphatic rings. The van der Waals surface area contributed by atoms with E-state index in [2.05, 4.69) is 17.9 Å². The van der Waals surface area contributed by atoms with Gasteiger partial charge >= 0.3 is 0 Å². The second-order valence-corrected chi connectivity index (χ2v) is 4.03. The van der Waals surface area contributed by atoms with E-state index in [0.717, 1.165) is 0 Å². The smallest absolute Gasteiger partial charge is 0.217 e. The van der Waals surface area contributed by atoms with Crippen LogP contribution in [0.3, 0.4) is 0 Å². The quantitative estimate of drug-likeness (QED) is 0.459. The van der Waals surface area contributed by atoms with Crippen LogP contribution in [0.1, 0.15) is 6.92 Å². The highest BCUT2D eigenvalue weighted by Crippen LogP contribution is 2.22. The summed E-state index contributed by atoms with van der Waals surface area (Å²) >= 11 is 4.00. The fraction of sp³-hybridized carbons (Fsp3) is 0.889. The average Bonchev–Trinajstić information content (AvgIpc) is 2.25. The standard InChI is InChI=1S/C9H17NO5S/c1-4(11)10-6-8(13)7(12)5(3-16)15-9(6)14-2/h5-9,12-13,16H,3H2,1-2H3,(H,10,11)/t5?,6-,7-,8?,9-/m0/s1. The first-order valence-corrected chi connectivity index (χ1v) is 5.56. The Morgan fingerprint density at radius 1 is 1.50 bits per heavy atom. The number of carbonyl (C=O) groups excluding carboxylic acids is 1. The van der Waals surface area contributed by atoms with Gasteiger partial charge in [0.2, 0.25) is 5.91 Å². The van der Waals surface area contributed by atoms with Crippen molar-refractivity contribution in [2.75, 3.05) is 12.9 Å².